The maximum atomic E-state index is 3.66. The van der Waals surface area contributed by atoms with Gasteiger partial charge in [0.05, 0.1) is 0 Å². The van der Waals surface area contributed by atoms with E-state index in [1.165, 1.54) is 36.9 Å². The molecule has 1 aliphatic rings. The van der Waals surface area contributed by atoms with Gasteiger partial charge in [0.15, 0.2) is 0 Å². The molecule has 1 fully saturated rings. The largest absolute Gasteiger partial charge is 0.382 e. The molecule has 1 atom stereocenters. The Morgan fingerprint density at radius 2 is 2.06 bits per heavy atom. The van der Waals surface area contributed by atoms with E-state index in [0.29, 0.717) is 6.04 Å². The summed E-state index contributed by atoms with van der Waals surface area (Å²) in [5.74, 6) is 0.880. The summed E-state index contributed by atoms with van der Waals surface area (Å²) in [6, 6.07) is 9.44. The first kappa shape index (κ1) is 11.5. The Morgan fingerprint density at radius 1 is 1.31 bits per heavy atom. The van der Waals surface area contributed by atoms with Crippen molar-refractivity contribution in [2.24, 2.45) is 5.92 Å². The molecular weight excluding hydrogens is 194 g/mol. The summed E-state index contributed by atoms with van der Waals surface area (Å²) in [4.78, 5) is 0. The predicted octanol–water partition coefficient (Wildman–Crippen LogP) is 4.24. The second-order valence-electron chi connectivity index (χ2n) is 5.03. The molecule has 1 aromatic carbocycles. The minimum Gasteiger partial charge on any atom is -0.382 e. The Labute approximate surface area is 99.3 Å². The molecule has 2 rings (SSSR count). The van der Waals surface area contributed by atoms with Crippen LogP contribution in [0.25, 0.3) is 0 Å². The molecule has 0 heterocycles. The molecule has 16 heavy (non-hydrogen) atoms. The summed E-state index contributed by atoms with van der Waals surface area (Å²) in [5, 5.41) is 3.66. The molecule has 0 amide bonds. The van der Waals surface area contributed by atoms with Crippen LogP contribution in [-0.2, 0) is 6.42 Å². The molecular formula is C15H23N. The van der Waals surface area contributed by atoms with Crippen molar-refractivity contribution in [3.63, 3.8) is 0 Å². The van der Waals surface area contributed by atoms with E-state index in [2.05, 4.69) is 43.4 Å². The summed E-state index contributed by atoms with van der Waals surface area (Å²) in [6.45, 7) is 4.54. The lowest BCUT2D eigenvalue weighted by Crippen LogP contribution is -2.23. The van der Waals surface area contributed by atoms with Crippen LogP contribution >= 0.6 is 0 Å². The Morgan fingerprint density at radius 3 is 2.75 bits per heavy atom. The quantitative estimate of drug-likeness (QED) is 0.795. The number of benzene rings is 1. The molecule has 1 heteroatoms. The van der Waals surface area contributed by atoms with Crippen LogP contribution in [0.15, 0.2) is 24.3 Å². The second-order valence-corrected chi connectivity index (χ2v) is 5.03. The smallest absolute Gasteiger partial charge is 0.0345 e. The molecule has 0 spiro atoms. The molecule has 1 aromatic rings. The van der Waals surface area contributed by atoms with Crippen LogP contribution in [0.4, 0.5) is 5.69 Å². The standard InChI is InChI=1S/C15H23N/c1-3-13-7-6-10-15(11-13)16-12(2)14-8-4-5-9-14/h6-7,10-12,14,16H,3-5,8-9H2,1-2H3. The Hall–Kier alpha value is -0.980. The average molecular weight is 217 g/mol. The molecule has 0 bridgehead atoms. The lowest BCUT2D eigenvalue weighted by atomic mass is 9.99. The van der Waals surface area contributed by atoms with Crippen molar-refractivity contribution in [2.45, 2.75) is 52.0 Å². The highest BCUT2D eigenvalue weighted by atomic mass is 14.9. The minimum absolute atomic E-state index is 0.620. The van der Waals surface area contributed by atoms with Crippen molar-refractivity contribution < 1.29 is 0 Å². The molecule has 1 N–H and O–H groups in total. The molecule has 0 radical (unpaired) electrons. The monoisotopic (exact) mass is 217 g/mol. The lowest BCUT2D eigenvalue weighted by molar-refractivity contribution is 0.482. The third-order valence-corrected chi connectivity index (χ3v) is 3.84. The fraction of sp³-hybridized carbons (Fsp3) is 0.600. The third kappa shape index (κ3) is 2.78. The molecule has 1 aliphatic carbocycles. The van der Waals surface area contributed by atoms with Crippen LogP contribution < -0.4 is 5.32 Å². The Balaban J connectivity index is 1.96. The zero-order valence-electron chi connectivity index (χ0n) is 10.5. The number of rotatable bonds is 4. The van der Waals surface area contributed by atoms with Gasteiger partial charge in [0.2, 0.25) is 0 Å². The fourth-order valence-corrected chi connectivity index (χ4v) is 2.72. The number of hydrogen-bond acceptors (Lipinski definition) is 1. The zero-order valence-corrected chi connectivity index (χ0v) is 10.5. The SMILES string of the molecule is CCc1cccc(NC(C)C2CCCC2)c1. The Kier molecular flexibility index (Phi) is 3.87. The van der Waals surface area contributed by atoms with Gasteiger partial charge in [-0.3, -0.25) is 0 Å². The van der Waals surface area contributed by atoms with Crippen molar-refractivity contribution in [3.8, 4) is 0 Å². The van der Waals surface area contributed by atoms with Crippen LogP contribution in [0.3, 0.4) is 0 Å². The van der Waals surface area contributed by atoms with E-state index in [1.54, 1.807) is 0 Å². The van der Waals surface area contributed by atoms with Gasteiger partial charge >= 0.3 is 0 Å². The highest BCUT2D eigenvalue weighted by molar-refractivity contribution is 5.46. The van der Waals surface area contributed by atoms with Crippen LogP contribution in [0.5, 0.6) is 0 Å². The summed E-state index contributed by atoms with van der Waals surface area (Å²) >= 11 is 0. The van der Waals surface area contributed by atoms with E-state index in [4.69, 9.17) is 0 Å². The summed E-state index contributed by atoms with van der Waals surface area (Å²) in [7, 11) is 0. The van der Waals surface area contributed by atoms with Crippen LogP contribution in [-0.4, -0.2) is 6.04 Å². The first-order valence-corrected chi connectivity index (χ1v) is 6.65. The van der Waals surface area contributed by atoms with Crippen LogP contribution in [0, 0.1) is 5.92 Å². The highest BCUT2D eigenvalue weighted by Gasteiger charge is 2.21. The molecule has 1 nitrogen and oxygen atoms in total. The van der Waals surface area contributed by atoms with Crippen molar-refractivity contribution in [1.29, 1.82) is 0 Å². The van der Waals surface area contributed by atoms with Gasteiger partial charge in [0, 0.05) is 11.7 Å². The first-order chi connectivity index (χ1) is 7.79. The van der Waals surface area contributed by atoms with E-state index in [9.17, 15) is 0 Å². The fourth-order valence-electron chi connectivity index (χ4n) is 2.72. The van der Waals surface area contributed by atoms with Crippen molar-refractivity contribution >= 4 is 5.69 Å². The summed E-state index contributed by atoms with van der Waals surface area (Å²) in [5.41, 5.74) is 2.71. The zero-order chi connectivity index (χ0) is 11.4. The molecule has 0 aromatic heterocycles. The number of anilines is 1. The normalized spacial score (nSPS) is 18.6. The van der Waals surface area contributed by atoms with Gasteiger partial charge in [0.25, 0.3) is 0 Å². The topological polar surface area (TPSA) is 12.0 Å². The van der Waals surface area contributed by atoms with Gasteiger partial charge < -0.3 is 5.32 Å². The summed E-state index contributed by atoms with van der Waals surface area (Å²) in [6.07, 6.45) is 6.77. The maximum absolute atomic E-state index is 3.66. The van der Waals surface area contributed by atoms with Gasteiger partial charge in [-0.1, -0.05) is 31.9 Å². The van der Waals surface area contributed by atoms with E-state index < -0.39 is 0 Å². The van der Waals surface area contributed by atoms with Crippen molar-refractivity contribution in [1.82, 2.24) is 0 Å². The predicted molar refractivity (Wildman–Crippen MR) is 70.9 cm³/mol. The van der Waals surface area contributed by atoms with Gasteiger partial charge in [0.1, 0.15) is 0 Å². The number of nitrogens with one attached hydrogen (secondary N) is 1. The van der Waals surface area contributed by atoms with E-state index in [-0.39, 0.29) is 0 Å². The van der Waals surface area contributed by atoms with Crippen molar-refractivity contribution in [2.75, 3.05) is 5.32 Å². The second kappa shape index (κ2) is 5.38. The molecule has 0 saturated heterocycles. The van der Waals surface area contributed by atoms with Gasteiger partial charge in [-0.2, -0.15) is 0 Å². The molecule has 0 aliphatic heterocycles. The molecule has 1 saturated carbocycles. The molecule has 88 valence electrons. The number of hydrogen-bond donors (Lipinski definition) is 1. The maximum Gasteiger partial charge on any atom is 0.0345 e. The minimum atomic E-state index is 0.620. The molecule has 1 unspecified atom stereocenters. The first-order valence-electron chi connectivity index (χ1n) is 6.65. The lowest BCUT2D eigenvalue weighted by Gasteiger charge is -2.21. The third-order valence-electron chi connectivity index (χ3n) is 3.84. The Bertz CT molecular complexity index is 326. The summed E-state index contributed by atoms with van der Waals surface area (Å²) < 4.78 is 0. The number of aryl methyl sites for hydroxylation is 1. The van der Waals surface area contributed by atoms with Crippen LogP contribution in [0.2, 0.25) is 0 Å². The van der Waals surface area contributed by atoms with Gasteiger partial charge in [-0.15, -0.1) is 0 Å². The van der Waals surface area contributed by atoms with Crippen LogP contribution in [0.1, 0.15) is 45.1 Å². The van der Waals surface area contributed by atoms with E-state index in [1.807, 2.05) is 0 Å². The highest BCUT2D eigenvalue weighted by Crippen LogP contribution is 2.29. The van der Waals surface area contributed by atoms with Gasteiger partial charge in [-0.25, -0.2) is 0 Å². The van der Waals surface area contributed by atoms with Crippen molar-refractivity contribution in [3.05, 3.63) is 29.8 Å². The average Bonchev–Trinajstić information content (AvgIpc) is 2.83. The van der Waals surface area contributed by atoms with Gasteiger partial charge in [-0.05, 0) is 49.8 Å². The van der Waals surface area contributed by atoms with E-state index >= 15 is 0 Å². The van der Waals surface area contributed by atoms with E-state index in [0.717, 1.165) is 12.3 Å².